The molecular weight excluding hydrogens is 850 g/mol. The summed E-state index contributed by atoms with van der Waals surface area (Å²) in [5.41, 5.74) is 0. The summed E-state index contributed by atoms with van der Waals surface area (Å²) in [6.45, 7) is 2.91. The number of carbonyl (C=O) groups excluding carboxylic acids is 3. The quantitative estimate of drug-likeness (QED) is 0.00815. The van der Waals surface area contributed by atoms with Crippen LogP contribution >= 0.6 is 15.6 Å². The van der Waals surface area contributed by atoms with E-state index in [-0.39, 0.29) is 18.6 Å². The van der Waals surface area contributed by atoms with Crippen molar-refractivity contribution in [3.8, 4) is 0 Å². The first-order chi connectivity index (χ1) is 29.5. The Morgan fingerprint density at radius 1 is 0.548 bits per heavy atom. The maximum absolute atomic E-state index is 12.9. The number of phosphoric ester groups is 2. The molecule has 0 aliphatic heterocycles. The summed E-state index contributed by atoms with van der Waals surface area (Å²) < 4.78 is 49.2. The lowest BCUT2D eigenvalue weighted by atomic mass is 9.85. The maximum atomic E-state index is 12.9. The molecule has 8 atom stereocenters. The van der Waals surface area contributed by atoms with Gasteiger partial charge in [0.15, 0.2) is 11.9 Å². The van der Waals surface area contributed by atoms with Crippen LogP contribution < -0.4 is 0 Å². The van der Waals surface area contributed by atoms with E-state index in [9.17, 15) is 48.8 Å². The van der Waals surface area contributed by atoms with Crippen LogP contribution in [0.15, 0.2) is 36.5 Å². The summed E-state index contributed by atoms with van der Waals surface area (Å²) in [5, 5.41) is 41.1. The number of carbonyl (C=O) groups is 3. The van der Waals surface area contributed by atoms with E-state index in [1.807, 2.05) is 6.08 Å². The highest BCUT2D eigenvalue weighted by molar-refractivity contribution is 7.47. The van der Waals surface area contributed by atoms with Gasteiger partial charge in [-0.2, -0.15) is 0 Å². The van der Waals surface area contributed by atoms with Crippen LogP contribution in [-0.4, -0.2) is 109 Å². The van der Waals surface area contributed by atoms with Gasteiger partial charge in [0.2, 0.25) is 0 Å². The Kier molecular flexibility index (Phi) is 32.0. The minimum atomic E-state index is -5.38. The van der Waals surface area contributed by atoms with Gasteiger partial charge in [-0.05, 0) is 63.9 Å². The Morgan fingerprint density at radius 2 is 1.03 bits per heavy atom. The predicted octanol–water partition coefficient (Wildman–Crippen LogP) is 7.13. The van der Waals surface area contributed by atoms with Crippen molar-refractivity contribution < 1.29 is 81.7 Å². The molecular formula is C43H76O17P2. The molecule has 0 aromatic rings. The molecule has 0 radical (unpaired) electrons. The zero-order valence-corrected chi connectivity index (χ0v) is 38.6. The largest absolute Gasteiger partial charge is 0.472 e. The molecule has 0 bridgehead atoms. The summed E-state index contributed by atoms with van der Waals surface area (Å²) in [5.74, 6) is -1.25. The number of esters is 2. The van der Waals surface area contributed by atoms with Gasteiger partial charge in [-0.1, -0.05) is 115 Å². The third-order valence-corrected chi connectivity index (χ3v) is 11.7. The van der Waals surface area contributed by atoms with Crippen LogP contribution in [0, 0.1) is 0 Å². The number of allylic oxidation sites excluding steroid dienone is 6. The molecule has 0 spiro atoms. The molecule has 0 heterocycles. The standard InChI is InChI=1S/C43H76O17P2/c1-3-5-7-9-11-12-13-14-15-16-18-22-27-31-37(46)58-35(32-56-36(45)30-26-23-19-21-25-29-34(44)28-24-20-17-10-8-6-4-2)33-57-62(54,55)60-43-40(49)38(47)39(48)42(41(43)50)59-61(51,52)53/h12-13,17,20,24,28,35,38-43,47-50H,3-11,14-16,18-19,21-23,25-27,29-33H2,1-2H3,(H,54,55)(H2,51,52,53)/b13-12-,20-17-,28-24+/t35-,38?,39?,40?,41?,42-,43+/m1/s1. The highest BCUT2D eigenvalue weighted by Crippen LogP contribution is 2.49. The van der Waals surface area contributed by atoms with Gasteiger partial charge >= 0.3 is 27.6 Å². The summed E-state index contributed by atoms with van der Waals surface area (Å²) in [4.78, 5) is 66.2. The molecule has 0 amide bonds. The topological polar surface area (TPSA) is 273 Å². The molecule has 0 aromatic carbocycles. The third kappa shape index (κ3) is 28.6. The van der Waals surface area contributed by atoms with Gasteiger partial charge in [0.1, 0.15) is 43.2 Å². The summed E-state index contributed by atoms with van der Waals surface area (Å²) in [6.07, 6.45) is 16.5. The minimum absolute atomic E-state index is 0.00901. The van der Waals surface area contributed by atoms with Crippen LogP contribution in [0.3, 0.4) is 0 Å². The monoisotopic (exact) mass is 926 g/mol. The van der Waals surface area contributed by atoms with E-state index in [1.54, 1.807) is 12.2 Å². The number of hydrogen-bond donors (Lipinski definition) is 7. The van der Waals surface area contributed by atoms with E-state index in [0.717, 1.165) is 77.0 Å². The molecule has 17 nitrogen and oxygen atoms in total. The Bertz CT molecular complexity index is 1420. The number of rotatable bonds is 37. The van der Waals surface area contributed by atoms with Crippen molar-refractivity contribution in [1.29, 1.82) is 0 Å². The fourth-order valence-electron chi connectivity index (χ4n) is 6.59. The number of aliphatic hydroxyl groups excluding tert-OH is 4. The molecule has 360 valence electrons. The number of hydrogen-bond acceptors (Lipinski definition) is 14. The second-order valence-electron chi connectivity index (χ2n) is 15.8. The molecule has 5 unspecified atom stereocenters. The molecule has 1 rings (SSSR count). The van der Waals surface area contributed by atoms with Crippen molar-refractivity contribution in [2.24, 2.45) is 0 Å². The molecule has 0 saturated heterocycles. The number of unbranched alkanes of at least 4 members (excludes halogenated alkanes) is 16. The summed E-state index contributed by atoms with van der Waals surface area (Å²) >= 11 is 0. The van der Waals surface area contributed by atoms with Gasteiger partial charge < -0.3 is 44.6 Å². The normalized spacial score (nSPS) is 22.3. The van der Waals surface area contributed by atoms with Gasteiger partial charge in [0, 0.05) is 19.3 Å². The Morgan fingerprint density at radius 3 is 1.63 bits per heavy atom. The SMILES string of the molecule is CCCCC/C=C\C=C\C(=O)CCCCCCCC(=O)OC[C@H](COP(=O)(O)O[C@H]1C(O)C(O)C(O)[C@@H](OP(=O)(O)O)C1O)OC(=O)CCCCCCC/C=C\CCCCCC. The number of ether oxygens (including phenoxy) is 2. The van der Waals surface area contributed by atoms with Gasteiger partial charge in [0.05, 0.1) is 6.61 Å². The van der Waals surface area contributed by atoms with Gasteiger partial charge in [0.25, 0.3) is 0 Å². The Hall–Kier alpha value is -2.11. The molecule has 19 heteroatoms. The van der Waals surface area contributed by atoms with E-state index in [4.69, 9.17) is 28.3 Å². The van der Waals surface area contributed by atoms with Crippen molar-refractivity contribution in [2.45, 2.75) is 204 Å². The van der Waals surface area contributed by atoms with Crippen LogP contribution in [0.5, 0.6) is 0 Å². The lowest BCUT2D eigenvalue weighted by Crippen LogP contribution is -2.64. The fourth-order valence-corrected chi connectivity index (χ4v) is 8.13. The van der Waals surface area contributed by atoms with Crippen LogP contribution in [0.1, 0.15) is 162 Å². The third-order valence-electron chi connectivity index (χ3n) is 10.2. The number of aliphatic hydroxyl groups is 4. The average Bonchev–Trinajstić information content (AvgIpc) is 3.22. The average molecular weight is 927 g/mol. The second-order valence-corrected chi connectivity index (χ2v) is 18.4. The molecule has 1 saturated carbocycles. The zero-order chi connectivity index (χ0) is 46.2. The fraction of sp³-hybridized carbons (Fsp3) is 0.791. The van der Waals surface area contributed by atoms with Crippen LogP contribution in [0.4, 0.5) is 0 Å². The predicted molar refractivity (Wildman–Crippen MR) is 232 cm³/mol. The van der Waals surface area contributed by atoms with Crippen molar-refractivity contribution in [3.63, 3.8) is 0 Å². The second kappa shape index (κ2) is 34.3. The van der Waals surface area contributed by atoms with E-state index in [1.165, 1.54) is 32.1 Å². The molecule has 1 aliphatic rings. The van der Waals surface area contributed by atoms with Crippen LogP contribution in [0.25, 0.3) is 0 Å². The summed E-state index contributed by atoms with van der Waals surface area (Å²) in [6, 6.07) is 0. The first kappa shape index (κ1) is 57.9. The smallest absolute Gasteiger partial charge is 0.462 e. The molecule has 0 aromatic heterocycles. The minimum Gasteiger partial charge on any atom is -0.462 e. The van der Waals surface area contributed by atoms with Gasteiger partial charge in [-0.3, -0.25) is 28.0 Å². The lowest BCUT2D eigenvalue weighted by molar-refractivity contribution is -0.216. The first-order valence-electron chi connectivity index (χ1n) is 22.5. The molecule has 62 heavy (non-hydrogen) atoms. The van der Waals surface area contributed by atoms with Gasteiger partial charge in [-0.25, -0.2) is 9.13 Å². The van der Waals surface area contributed by atoms with E-state index >= 15 is 0 Å². The van der Waals surface area contributed by atoms with E-state index in [0.29, 0.717) is 25.7 Å². The van der Waals surface area contributed by atoms with Gasteiger partial charge in [-0.15, -0.1) is 0 Å². The Labute approximate surface area is 368 Å². The van der Waals surface area contributed by atoms with Crippen LogP contribution in [0.2, 0.25) is 0 Å². The molecule has 1 fully saturated rings. The maximum Gasteiger partial charge on any atom is 0.472 e. The number of ketones is 1. The van der Waals surface area contributed by atoms with Crippen LogP contribution in [-0.2, 0) is 46.6 Å². The van der Waals surface area contributed by atoms with Crippen molar-refractivity contribution in [3.05, 3.63) is 36.5 Å². The molecule has 1 aliphatic carbocycles. The van der Waals surface area contributed by atoms with E-state index in [2.05, 4.69) is 36.6 Å². The van der Waals surface area contributed by atoms with E-state index < -0.39 is 83.5 Å². The van der Waals surface area contributed by atoms with Crippen molar-refractivity contribution in [2.75, 3.05) is 13.2 Å². The highest BCUT2D eigenvalue weighted by atomic mass is 31.2. The first-order valence-corrected chi connectivity index (χ1v) is 25.5. The Balaban J connectivity index is 2.66. The molecule has 7 N–H and O–H groups in total. The van der Waals surface area contributed by atoms with Crippen molar-refractivity contribution in [1.82, 2.24) is 0 Å². The van der Waals surface area contributed by atoms with Crippen molar-refractivity contribution >= 4 is 33.4 Å². The lowest BCUT2D eigenvalue weighted by Gasteiger charge is -2.43. The number of phosphoric acid groups is 2. The zero-order valence-electron chi connectivity index (χ0n) is 36.8. The highest BCUT2D eigenvalue weighted by Gasteiger charge is 2.54. The summed E-state index contributed by atoms with van der Waals surface area (Å²) in [7, 11) is -10.7.